The molecule has 0 unspecified atom stereocenters. The molecular weight excluding hydrogens is 238 g/mol. The van der Waals surface area contributed by atoms with Gasteiger partial charge in [-0.2, -0.15) is 5.10 Å². The SMILES string of the molecule is CCc1cc(CNCC2(CCOC)CC2)n(CC)n1. The number of nitrogens with zero attached hydrogens (tertiary/aromatic N) is 2. The van der Waals surface area contributed by atoms with Crippen molar-refractivity contribution in [2.75, 3.05) is 20.3 Å². The summed E-state index contributed by atoms with van der Waals surface area (Å²) in [5.74, 6) is 0. The average Bonchev–Trinajstić information content (AvgIpc) is 3.08. The van der Waals surface area contributed by atoms with Gasteiger partial charge in [-0.3, -0.25) is 4.68 Å². The Kier molecular flexibility index (Phi) is 4.99. The van der Waals surface area contributed by atoms with E-state index in [1.165, 1.54) is 30.7 Å². The van der Waals surface area contributed by atoms with Crippen molar-refractivity contribution in [3.05, 3.63) is 17.5 Å². The average molecular weight is 265 g/mol. The molecule has 0 saturated heterocycles. The van der Waals surface area contributed by atoms with E-state index >= 15 is 0 Å². The fourth-order valence-electron chi connectivity index (χ4n) is 2.57. The van der Waals surface area contributed by atoms with Gasteiger partial charge in [-0.05, 0) is 44.1 Å². The van der Waals surface area contributed by atoms with Crippen LogP contribution in [0.3, 0.4) is 0 Å². The number of ether oxygens (including phenoxy) is 1. The van der Waals surface area contributed by atoms with Gasteiger partial charge in [0.25, 0.3) is 0 Å². The summed E-state index contributed by atoms with van der Waals surface area (Å²) in [6.45, 7) is 8.17. The van der Waals surface area contributed by atoms with Gasteiger partial charge in [-0.15, -0.1) is 0 Å². The lowest BCUT2D eigenvalue weighted by Crippen LogP contribution is -2.25. The number of nitrogens with one attached hydrogen (secondary N) is 1. The second-order valence-electron chi connectivity index (χ2n) is 5.64. The van der Waals surface area contributed by atoms with E-state index in [2.05, 4.69) is 35.0 Å². The molecule has 1 aromatic heterocycles. The van der Waals surface area contributed by atoms with E-state index in [0.717, 1.165) is 32.7 Å². The third-order valence-corrected chi connectivity index (χ3v) is 4.18. The van der Waals surface area contributed by atoms with Crippen molar-refractivity contribution in [1.82, 2.24) is 15.1 Å². The Morgan fingerprint density at radius 2 is 2.21 bits per heavy atom. The molecule has 4 nitrogen and oxygen atoms in total. The lowest BCUT2D eigenvalue weighted by Gasteiger charge is -2.15. The first kappa shape index (κ1) is 14.5. The van der Waals surface area contributed by atoms with Crippen LogP contribution in [0.15, 0.2) is 6.07 Å². The van der Waals surface area contributed by atoms with Crippen LogP contribution in [0.25, 0.3) is 0 Å². The second kappa shape index (κ2) is 6.53. The molecule has 0 amide bonds. The molecule has 19 heavy (non-hydrogen) atoms. The van der Waals surface area contributed by atoms with Gasteiger partial charge in [0.2, 0.25) is 0 Å². The minimum absolute atomic E-state index is 0.515. The lowest BCUT2D eigenvalue weighted by molar-refractivity contribution is 0.171. The fourth-order valence-corrected chi connectivity index (χ4v) is 2.57. The maximum atomic E-state index is 5.19. The van der Waals surface area contributed by atoms with Gasteiger partial charge in [0.05, 0.1) is 11.4 Å². The summed E-state index contributed by atoms with van der Waals surface area (Å²) in [7, 11) is 1.79. The molecule has 108 valence electrons. The van der Waals surface area contributed by atoms with Crippen LogP contribution in [-0.2, 0) is 24.2 Å². The van der Waals surface area contributed by atoms with Crippen LogP contribution in [0.2, 0.25) is 0 Å². The van der Waals surface area contributed by atoms with Crippen LogP contribution in [0, 0.1) is 5.41 Å². The maximum Gasteiger partial charge on any atom is 0.0625 e. The molecule has 0 aromatic carbocycles. The highest BCUT2D eigenvalue weighted by Crippen LogP contribution is 2.48. The number of aryl methyl sites for hydroxylation is 2. The Hall–Kier alpha value is -0.870. The van der Waals surface area contributed by atoms with E-state index in [1.807, 2.05) is 0 Å². The molecule has 4 heteroatoms. The highest BCUT2D eigenvalue weighted by molar-refractivity contribution is 5.10. The minimum atomic E-state index is 0.515. The van der Waals surface area contributed by atoms with E-state index < -0.39 is 0 Å². The van der Waals surface area contributed by atoms with Crippen LogP contribution < -0.4 is 5.32 Å². The summed E-state index contributed by atoms with van der Waals surface area (Å²) in [4.78, 5) is 0. The van der Waals surface area contributed by atoms with E-state index in [-0.39, 0.29) is 0 Å². The Bertz CT molecular complexity index is 396. The summed E-state index contributed by atoms with van der Waals surface area (Å²) in [6.07, 6.45) is 4.88. The van der Waals surface area contributed by atoms with Gasteiger partial charge >= 0.3 is 0 Å². The van der Waals surface area contributed by atoms with Crippen molar-refractivity contribution in [2.45, 2.75) is 52.6 Å². The van der Waals surface area contributed by atoms with Gasteiger partial charge in [0.15, 0.2) is 0 Å². The van der Waals surface area contributed by atoms with E-state index in [1.54, 1.807) is 7.11 Å². The van der Waals surface area contributed by atoms with Crippen molar-refractivity contribution in [3.8, 4) is 0 Å². The fraction of sp³-hybridized carbons (Fsp3) is 0.800. The zero-order valence-electron chi connectivity index (χ0n) is 12.5. The van der Waals surface area contributed by atoms with Crippen molar-refractivity contribution in [2.24, 2.45) is 5.41 Å². The molecule has 2 rings (SSSR count). The number of hydrogen-bond donors (Lipinski definition) is 1. The van der Waals surface area contributed by atoms with Gasteiger partial charge in [0, 0.05) is 33.4 Å². The molecule has 1 aliphatic rings. The molecule has 0 atom stereocenters. The molecule has 1 aliphatic carbocycles. The summed E-state index contributed by atoms with van der Waals surface area (Å²) in [5.41, 5.74) is 3.02. The van der Waals surface area contributed by atoms with E-state index in [9.17, 15) is 0 Å². The first-order valence-electron chi connectivity index (χ1n) is 7.48. The number of methoxy groups -OCH3 is 1. The predicted octanol–water partition coefficient (Wildman–Crippen LogP) is 2.37. The Morgan fingerprint density at radius 1 is 1.42 bits per heavy atom. The summed E-state index contributed by atoms with van der Waals surface area (Å²) in [6, 6.07) is 2.23. The van der Waals surface area contributed by atoms with Crippen LogP contribution in [0.4, 0.5) is 0 Å². The first-order chi connectivity index (χ1) is 9.23. The summed E-state index contributed by atoms with van der Waals surface area (Å²) in [5, 5.41) is 8.19. The second-order valence-corrected chi connectivity index (χ2v) is 5.64. The van der Waals surface area contributed by atoms with E-state index in [0.29, 0.717) is 5.41 Å². The maximum absolute atomic E-state index is 5.19. The largest absolute Gasteiger partial charge is 0.385 e. The first-order valence-corrected chi connectivity index (χ1v) is 7.48. The third kappa shape index (κ3) is 3.80. The number of hydrogen-bond acceptors (Lipinski definition) is 3. The van der Waals surface area contributed by atoms with Crippen molar-refractivity contribution in [1.29, 1.82) is 0 Å². The molecule has 1 aromatic rings. The van der Waals surface area contributed by atoms with Gasteiger partial charge in [0.1, 0.15) is 0 Å². The smallest absolute Gasteiger partial charge is 0.0625 e. The molecule has 0 aliphatic heterocycles. The molecule has 1 fully saturated rings. The zero-order valence-corrected chi connectivity index (χ0v) is 12.5. The van der Waals surface area contributed by atoms with Crippen molar-refractivity contribution < 1.29 is 4.74 Å². The summed E-state index contributed by atoms with van der Waals surface area (Å²) >= 11 is 0. The number of rotatable bonds is 9. The Labute approximate surface area is 116 Å². The minimum Gasteiger partial charge on any atom is -0.385 e. The molecule has 0 spiro atoms. The van der Waals surface area contributed by atoms with Crippen molar-refractivity contribution >= 4 is 0 Å². The predicted molar refractivity (Wildman–Crippen MR) is 77.1 cm³/mol. The van der Waals surface area contributed by atoms with Gasteiger partial charge in [-0.1, -0.05) is 6.92 Å². The molecular formula is C15H27N3O. The standard InChI is InChI=1S/C15H27N3O/c1-4-13-10-14(18(5-2)17-13)11-16-12-15(6-7-15)8-9-19-3/h10,16H,4-9,11-12H2,1-3H3. The monoisotopic (exact) mass is 265 g/mol. The van der Waals surface area contributed by atoms with Crippen molar-refractivity contribution in [3.63, 3.8) is 0 Å². The van der Waals surface area contributed by atoms with Crippen LogP contribution in [-0.4, -0.2) is 30.0 Å². The topological polar surface area (TPSA) is 39.1 Å². The Balaban J connectivity index is 1.80. The van der Waals surface area contributed by atoms with Crippen LogP contribution in [0.1, 0.15) is 44.5 Å². The highest BCUT2D eigenvalue weighted by Gasteiger charge is 2.41. The zero-order chi connectivity index (χ0) is 13.7. The highest BCUT2D eigenvalue weighted by atomic mass is 16.5. The lowest BCUT2D eigenvalue weighted by atomic mass is 10.0. The normalized spacial score (nSPS) is 16.8. The van der Waals surface area contributed by atoms with E-state index in [4.69, 9.17) is 4.74 Å². The molecule has 0 radical (unpaired) electrons. The van der Waals surface area contributed by atoms with Gasteiger partial charge in [-0.25, -0.2) is 0 Å². The molecule has 1 N–H and O–H groups in total. The van der Waals surface area contributed by atoms with Crippen LogP contribution >= 0.6 is 0 Å². The quantitative estimate of drug-likeness (QED) is 0.745. The summed E-state index contributed by atoms with van der Waals surface area (Å²) < 4.78 is 7.31. The third-order valence-electron chi connectivity index (χ3n) is 4.18. The molecule has 1 heterocycles. The van der Waals surface area contributed by atoms with Gasteiger partial charge < -0.3 is 10.1 Å². The Morgan fingerprint density at radius 3 is 2.79 bits per heavy atom. The molecule has 1 saturated carbocycles. The molecule has 0 bridgehead atoms. The van der Waals surface area contributed by atoms with Crippen LogP contribution in [0.5, 0.6) is 0 Å². The number of aromatic nitrogens is 2.